The number of likely N-dealkylation sites (N-methyl/N-ethyl adjacent to an activating group) is 1. The van der Waals surface area contributed by atoms with E-state index >= 15 is 0 Å². The third-order valence-corrected chi connectivity index (χ3v) is 5.82. The number of aromatic nitrogens is 2. The highest BCUT2D eigenvalue weighted by Gasteiger charge is 2.17. The molecule has 3 rings (SSSR count). The van der Waals surface area contributed by atoms with Crippen molar-refractivity contribution in [3.05, 3.63) is 64.7 Å². The van der Waals surface area contributed by atoms with Crippen LogP contribution in [0.1, 0.15) is 19.0 Å². The minimum absolute atomic E-state index is 0.168. The van der Waals surface area contributed by atoms with Crippen LogP contribution in [0.5, 0.6) is 5.75 Å². The number of hydrogen-bond donors (Lipinski definition) is 2. The van der Waals surface area contributed by atoms with Gasteiger partial charge in [-0.1, -0.05) is 11.6 Å². The lowest BCUT2D eigenvalue weighted by molar-refractivity contribution is -0.124. The maximum absolute atomic E-state index is 12.4. The van der Waals surface area contributed by atoms with Gasteiger partial charge < -0.3 is 25.5 Å². The number of hydrogen-bond acceptors (Lipinski definition) is 6. The summed E-state index contributed by atoms with van der Waals surface area (Å²) < 4.78 is 8.20. The Hall–Kier alpha value is -3.36. The summed E-state index contributed by atoms with van der Waals surface area (Å²) in [6, 6.07) is 9.50. The van der Waals surface area contributed by atoms with Crippen molar-refractivity contribution in [2.45, 2.75) is 19.8 Å². The summed E-state index contributed by atoms with van der Waals surface area (Å²) in [6.45, 7) is 2.67. The number of ether oxygens (including phenoxy) is 1. The van der Waals surface area contributed by atoms with E-state index in [0.29, 0.717) is 41.6 Å². The first-order valence-electron chi connectivity index (χ1n) is 11.0. The maximum atomic E-state index is 12.4. The van der Waals surface area contributed by atoms with Crippen molar-refractivity contribution in [2.75, 3.05) is 34.3 Å². The molecule has 1 amide bonds. The molecule has 2 aromatic heterocycles. The first kappa shape index (κ1) is 25.3. The molecule has 8 nitrogen and oxygen atoms in total. The lowest BCUT2D eigenvalue weighted by Gasteiger charge is -2.17. The fraction of sp³-hybridized carbons (Fsp3) is 0.320. The molecule has 0 aliphatic carbocycles. The van der Waals surface area contributed by atoms with E-state index in [1.165, 1.54) is 4.90 Å². The van der Waals surface area contributed by atoms with Gasteiger partial charge >= 0.3 is 0 Å². The second kappa shape index (κ2) is 11.2. The second-order valence-electron chi connectivity index (χ2n) is 8.07. The third-order valence-electron chi connectivity index (χ3n) is 5.58. The minimum atomic E-state index is -0.261. The van der Waals surface area contributed by atoms with Crippen molar-refractivity contribution in [1.29, 1.82) is 0 Å². The quantitative estimate of drug-likeness (QED) is 0.359. The minimum Gasteiger partial charge on any atom is -0.493 e. The lowest BCUT2D eigenvalue weighted by atomic mass is 10.0. The van der Waals surface area contributed by atoms with Gasteiger partial charge in [-0.15, -0.1) is 0 Å². The topological polar surface area (TPSA) is 111 Å². The summed E-state index contributed by atoms with van der Waals surface area (Å²) in [5.41, 5.74) is 17.2. The van der Waals surface area contributed by atoms with Gasteiger partial charge in [0.1, 0.15) is 17.1 Å². The third kappa shape index (κ3) is 5.58. The molecule has 2 heterocycles. The molecule has 0 radical (unpaired) electrons. The van der Waals surface area contributed by atoms with Crippen molar-refractivity contribution in [3.63, 3.8) is 0 Å². The van der Waals surface area contributed by atoms with Crippen LogP contribution in [-0.4, -0.2) is 60.2 Å². The van der Waals surface area contributed by atoms with Crippen molar-refractivity contribution in [1.82, 2.24) is 14.3 Å². The van der Waals surface area contributed by atoms with Gasteiger partial charge in [-0.2, -0.15) is 0 Å². The Bertz CT molecular complexity index is 1250. The van der Waals surface area contributed by atoms with E-state index in [1.807, 2.05) is 48.0 Å². The molecule has 180 valence electrons. The van der Waals surface area contributed by atoms with Crippen molar-refractivity contribution in [2.24, 2.45) is 16.5 Å². The number of aliphatic imine (C=N–C) groups is 1. The highest BCUT2D eigenvalue weighted by atomic mass is 35.5. The number of amides is 1. The molecule has 0 fully saturated rings. The van der Waals surface area contributed by atoms with Gasteiger partial charge in [0, 0.05) is 79.5 Å². The molecule has 0 aliphatic heterocycles. The Morgan fingerprint density at radius 1 is 1.26 bits per heavy atom. The first-order chi connectivity index (χ1) is 16.3. The van der Waals surface area contributed by atoms with Gasteiger partial charge in [0.2, 0.25) is 0 Å². The molecule has 1 aromatic carbocycles. The van der Waals surface area contributed by atoms with Gasteiger partial charge in [-0.25, -0.2) is 4.98 Å². The van der Waals surface area contributed by atoms with E-state index < -0.39 is 0 Å². The Morgan fingerprint density at radius 2 is 2.03 bits per heavy atom. The summed E-state index contributed by atoms with van der Waals surface area (Å²) in [5, 5.41) is 0.565. The zero-order valence-electron chi connectivity index (χ0n) is 20.0. The van der Waals surface area contributed by atoms with E-state index in [9.17, 15) is 4.79 Å². The van der Waals surface area contributed by atoms with Crippen LogP contribution in [0.2, 0.25) is 5.02 Å². The molecule has 0 saturated carbocycles. The Labute approximate surface area is 204 Å². The summed E-state index contributed by atoms with van der Waals surface area (Å²) in [7, 11) is 5.00. The normalized spacial score (nSPS) is 12.6. The van der Waals surface area contributed by atoms with Crippen LogP contribution < -0.4 is 16.2 Å². The highest BCUT2D eigenvalue weighted by molar-refractivity contribution is 6.30. The van der Waals surface area contributed by atoms with Crippen LogP contribution in [0.4, 0.5) is 0 Å². The number of nitrogens with zero attached hydrogens (tertiary/aromatic N) is 4. The van der Waals surface area contributed by atoms with Crippen LogP contribution in [0.15, 0.2) is 59.0 Å². The lowest BCUT2D eigenvalue weighted by Crippen LogP contribution is -2.30. The van der Waals surface area contributed by atoms with Crippen molar-refractivity contribution in [3.8, 4) is 16.9 Å². The summed E-state index contributed by atoms with van der Waals surface area (Å²) >= 11 is 6.28. The van der Waals surface area contributed by atoms with Crippen LogP contribution in [0.25, 0.3) is 16.8 Å². The molecule has 0 bridgehead atoms. The number of benzene rings is 1. The molecule has 3 aromatic rings. The Balaban J connectivity index is 1.90. The van der Waals surface area contributed by atoms with E-state index in [2.05, 4.69) is 9.98 Å². The largest absolute Gasteiger partial charge is 0.493 e. The maximum Gasteiger partial charge on any atom is 0.269 e. The molecular formula is C25H31ClN6O2. The SMILES string of the molecule is CN=C(C)/C(CCOc1cc(Cl)ccc1-c1ccc2ncc(CCN)n2c1)=C(\N)C(=O)N(C)C. The molecule has 34 heavy (non-hydrogen) atoms. The van der Waals surface area contributed by atoms with Crippen LogP contribution in [0, 0.1) is 0 Å². The zero-order valence-corrected chi connectivity index (χ0v) is 20.8. The summed E-state index contributed by atoms with van der Waals surface area (Å²) in [5.74, 6) is 0.374. The number of rotatable bonds is 9. The number of imidazole rings is 1. The van der Waals surface area contributed by atoms with E-state index in [4.69, 9.17) is 27.8 Å². The number of fused-ring (bicyclic) bond motifs is 1. The molecule has 0 spiro atoms. The van der Waals surface area contributed by atoms with Gasteiger partial charge in [-0.05, 0) is 43.8 Å². The smallest absolute Gasteiger partial charge is 0.269 e. The number of halogens is 1. The predicted molar refractivity (Wildman–Crippen MR) is 137 cm³/mol. The van der Waals surface area contributed by atoms with Crippen LogP contribution in [0.3, 0.4) is 0 Å². The molecule has 4 N–H and O–H groups in total. The Morgan fingerprint density at radius 3 is 2.71 bits per heavy atom. The van der Waals surface area contributed by atoms with Crippen LogP contribution in [-0.2, 0) is 11.2 Å². The van der Waals surface area contributed by atoms with Gasteiger partial charge in [0.05, 0.1) is 6.61 Å². The first-order valence-corrected chi connectivity index (χ1v) is 11.4. The highest BCUT2D eigenvalue weighted by Crippen LogP contribution is 2.33. The number of pyridine rings is 1. The van der Waals surface area contributed by atoms with Gasteiger partial charge in [0.15, 0.2) is 0 Å². The van der Waals surface area contributed by atoms with E-state index in [1.54, 1.807) is 27.2 Å². The second-order valence-corrected chi connectivity index (χ2v) is 8.51. The Kier molecular flexibility index (Phi) is 8.31. The monoisotopic (exact) mass is 482 g/mol. The predicted octanol–water partition coefficient (Wildman–Crippen LogP) is 3.32. The van der Waals surface area contributed by atoms with E-state index in [-0.39, 0.29) is 11.6 Å². The number of carbonyl (C=O) groups is 1. The standard InChI is InChI=1S/C25H31ClN6O2/c1-16(29-2)20(24(28)25(33)31(3)4)10-12-34-22-13-18(26)6-7-21(22)17-5-8-23-30-14-19(9-11-27)32(23)15-17/h5-8,13-15H,9-12,27-28H2,1-4H3/b24-20-,29-16?. The molecule has 0 atom stereocenters. The van der Waals surface area contributed by atoms with Crippen molar-refractivity contribution < 1.29 is 9.53 Å². The fourth-order valence-electron chi connectivity index (χ4n) is 3.66. The van der Waals surface area contributed by atoms with Crippen LogP contribution >= 0.6 is 11.6 Å². The molecule has 0 saturated heterocycles. The zero-order chi connectivity index (χ0) is 24.8. The number of carbonyl (C=O) groups excluding carboxylic acids is 1. The average molecular weight is 483 g/mol. The molecule has 9 heteroatoms. The summed E-state index contributed by atoms with van der Waals surface area (Å²) in [6.07, 6.45) is 5.02. The number of nitrogens with two attached hydrogens (primary N) is 2. The van der Waals surface area contributed by atoms with Gasteiger partial charge in [-0.3, -0.25) is 9.79 Å². The average Bonchev–Trinajstić information content (AvgIpc) is 3.22. The fourth-order valence-corrected chi connectivity index (χ4v) is 3.82. The summed E-state index contributed by atoms with van der Waals surface area (Å²) in [4.78, 5) is 22.5. The molecule has 0 unspecified atom stereocenters. The molecular weight excluding hydrogens is 452 g/mol. The van der Waals surface area contributed by atoms with Gasteiger partial charge in [0.25, 0.3) is 5.91 Å². The van der Waals surface area contributed by atoms with Crippen molar-refractivity contribution >= 4 is 28.9 Å². The van der Waals surface area contributed by atoms with E-state index in [0.717, 1.165) is 28.9 Å². The molecule has 0 aliphatic rings.